The van der Waals surface area contributed by atoms with Gasteiger partial charge in [0.05, 0.1) is 11.4 Å². The number of hydrogen-bond donors (Lipinski definition) is 1. The van der Waals surface area contributed by atoms with Crippen molar-refractivity contribution in [1.29, 1.82) is 0 Å². The summed E-state index contributed by atoms with van der Waals surface area (Å²) in [6.45, 7) is 2.59. The van der Waals surface area contributed by atoms with Crippen molar-refractivity contribution in [3.63, 3.8) is 0 Å². The van der Waals surface area contributed by atoms with Gasteiger partial charge in [0.1, 0.15) is 0 Å². The first-order chi connectivity index (χ1) is 14.6. The van der Waals surface area contributed by atoms with Crippen molar-refractivity contribution in [1.82, 2.24) is 5.32 Å². The first-order valence-corrected chi connectivity index (χ1v) is 12.1. The topological polar surface area (TPSA) is 52.7 Å². The molecule has 2 aliphatic rings. The molecule has 2 aromatic carbocycles. The van der Waals surface area contributed by atoms with Crippen molar-refractivity contribution in [3.8, 4) is 0 Å². The van der Waals surface area contributed by atoms with Crippen LogP contribution in [0.3, 0.4) is 0 Å². The lowest BCUT2D eigenvalue weighted by molar-refractivity contribution is 0.0979. The lowest BCUT2D eigenvalue weighted by Crippen LogP contribution is -2.32. The molecule has 1 unspecified atom stereocenters. The third kappa shape index (κ3) is 4.41. The van der Waals surface area contributed by atoms with E-state index in [9.17, 15) is 9.00 Å². The number of benzene rings is 2. The molecule has 160 valence electrons. The summed E-state index contributed by atoms with van der Waals surface area (Å²) < 4.78 is 16.3. The normalized spacial score (nSPS) is 17.3. The maximum atomic E-state index is 12.8. The minimum Gasteiger partial charge on any atom is -0.316 e. The Morgan fingerprint density at radius 2 is 2.03 bits per heavy atom. The Bertz CT molecular complexity index is 965. The Morgan fingerprint density at radius 3 is 2.87 bits per heavy atom. The van der Waals surface area contributed by atoms with Crippen molar-refractivity contribution >= 4 is 39.9 Å². The summed E-state index contributed by atoms with van der Waals surface area (Å²) in [6.07, 6.45) is 5.19. The zero-order valence-corrected chi connectivity index (χ0v) is 18.9. The number of nitrogens with zero attached hydrogens (tertiary/aromatic N) is 2. The van der Waals surface area contributed by atoms with Gasteiger partial charge in [-0.25, -0.2) is 4.21 Å². The van der Waals surface area contributed by atoms with Crippen molar-refractivity contribution in [3.05, 3.63) is 58.1 Å². The first-order valence-electron chi connectivity index (χ1n) is 10.6. The van der Waals surface area contributed by atoms with Gasteiger partial charge < -0.3 is 5.32 Å². The first kappa shape index (κ1) is 21.3. The highest BCUT2D eigenvalue weighted by Gasteiger charge is 2.36. The third-order valence-electron chi connectivity index (χ3n) is 5.85. The van der Waals surface area contributed by atoms with E-state index in [4.69, 9.17) is 11.6 Å². The number of hydrogen-bond acceptors (Lipinski definition) is 3. The van der Waals surface area contributed by atoms with E-state index >= 15 is 0 Å². The van der Waals surface area contributed by atoms with Crippen molar-refractivity contribution < 1.29 is 9.00 Å². The lowest BCUT2D eigenvalue weighted by Gasteiger charge is -2.24. The molecule has 2 heterocycles. The molecular weight excluding hydrogens is 418 g/mol. The SMILES string of the molecule is CN1c2cc(C(=O)CCCCNCCc3ccccc3Cl)cc3c2N(CCC3)S1=O. The zero-order valence-electron chi connectivity index (χ0n) is 17.3. The molecule has 7 heteroatoms. The molecule has 1 atom stereocenters. The summed E-state index contributed by atoms with van der Waals surface area (Å²) in [6, 6.07) is 11.9. The number of Topliss-reactive ketones (excluding diaryl/α,β-unsaturated/α-hetero) is 1. The van der Waals surface area contributed by atoms with Gasteiger partial charge in [0, 0.05) is 30.6 Å². The van der Waals surface area contributed by atoms with Crippen LogP contribution in [0.4, 0.5) is 11.4 Å². The van der Waals surface area contributed by atoms with Gasteiger partial charge in [-0.05, 0) is 74.5 Å². The van der Waals surface area contributed by atoms with Crippen LogP contribution in [-0.4, -0.2) is 36.7 Å². The number of anilines is 2. The summed E-state index contributed by atoms with van der Waals surface area (Å²) in [5.74, 6) is 0.174. The molecule has 2 aliphatic heterocycles. The second-order valence-electron chi connectivity index (χ2n) is 7.91. The van der Waals surface area contributed by atoms with E-state index in [1.54, 1.807) is 4.31 Å². The molecule has 0 spiro atoms. The minimum absolute atomic E-state index is 0.174. The smallest absolute Gasteiger partial charge is 0.225 e. The molecule has 30 heavy (non-hydrogen) atoms. The van der Waals surface area contributed by atoms with Gasteiger partial charge in [-0.15, -0.1) is 0 Å². The Kier molecular flexibility index (Phi) is 6.76. The van der Waals surface area contributed by atoms with Gasteiger partial charge in [-0.3, -0.25) is 13.4 Å². The maximum absolute atomic E-state index is 12.8. The number of halogens is 1. The molecule has 0 bridgehead atoms. The maximum Gasteiger partial charge on any atom is 0.225 e. The molecule has 2 aromatic rings. The van der Waals surface area contributed by atoms with E-state index in [-0.39, 0.29) is 5.78 Å². The van der Waals surface area contributed by atoms with Crippen LogP contribution < -0.4 is 13.9 Å². The fourth-order valence-electron chi connectivity index (χ4n) is 4.20. The number of aryl methyl sites for hydroxylation is 1. The van der Waals surface area contributed by atoms with E-state index in [1.807, 2.05) is 41.7 Å². The summed E-state index contributed by atoms with van der Waals surface area (Å²) >= 11 is 5.01. The number of rotatable bonds is 9. The quantitative estimate of drug-likeness (QED) is 0.462. The molecule has 0 saturated carbocycles. The predicted molar refractivity (Wildman–Crippen MR) is 125 cm³/mol. The van der Waals surface area contributed by atoms with Crippen molar-refractivity contribution in [2.45, 2.75) is 38.5 Å². The van der Waals surface area contributed by atoms with Crippen LogP contribution in [0.5, 0.6) is 0 Å². The highest BCUT2D eigenvalue weighted by Crippen LogP contribution is 2.44. The Balaban J connectivity index is 1.24. The van der Waals surface area contributed by atoms with Crippen molar-refractivity contribution in [2.75, 3.05) is 35.3 Å². The molecule has 0 saturated heterocycles. The highest BCUT2D eigenvalue weighted by molar-refractivity contribution is 7.88. The molecule has 0 amide bonds. The van der Waals surface area contributed by atoms with E-state index in [1.165, 1.54) is 0 Å². The Hall–Kier alpha value is -1.89. The lowest BCUT2D eigenvalue weighted by atomic mass is 9.96. The minimum atomic E-state index is -1.17. The zero-order chi connectivity index (χ0) is 21.1. The number of carbonyl (C=O) groups is 1. The van der Waals surface area contributed by atoms with Gasteiger partial charge in [0.25, 0.3) is 0 Å². The second kappa shape index (κ2) is 9.50. The van der Waals surface area contributed by atoms with Crippen molar-refractivity contribution in [2.24, 2.45) is 0 Å². The molecule has 0 aromatic heterocycles. The van der Waals surface area contributed by atoms with Crippen LogP contribution in [0, 0.1) is 0 Å². The number of ketones is 1. The van der Waals surface area contributed by atoms with Crippen LogP contribution in [0.2, 0.25) is 5.02 Å². The van der Waals surface area contributed by atoms with Crippen LogP contribution in [-0.2, 0) is 24.0 Å². The van der Waals surface area contributed by atoms with Gasteiger partial charge in [-0.2, -0.15) is 0 Å². The Morgan fingerprint density at radius 1 is 1.20 bits per heavy atom. The Labute approximate surface area is 186 Å². The summed E-state index contributed by atoms with van der Waals surface area (Å²) in [5, 5.41) is 4.25. The van der Waals surface area contributed by atoms with Gasteiger partial charge in [0.15, 0.2) is 5.78 Å². The molecule has 4 rings (SSSR count). The van der Waals surface area contributed by atoms with Crippen LogP contribution in [0.15, 0.2) is 36.4 Å². The summed E-state index contributed by atoms with van der Waals surface area (Å²) in [4.78, 5) is 12.8. The van der Waals surface area contributed by atoms with E-state index in [0.29, 0.717) is 6.42 Å². The average Bonchev–Trinajstić information content (AvgIpc) is 3.00. The molecule has 0 radical (unpaired) electrons. The fraction of sp³-hybridized carbons (Fsp3) is 0.435. The molecular formula is C23H28ClN3O2S. The predicted octanol–water partition coefficient (Wildman–Crippen LogP) is 4.31. The van der Waals surface area contributed by atoms with Gasteiger partial charge in [0.2, 0.25) is 11.2 Å². The van der Waals surface area contributed by atoms with Crippen LogP contribution in [0.1, 0.15) is 47.2 Å². The summed E-state index contributed by atoms with van der Waals surface area (Å²) in [5.41, 5.74) is 5.05. The van der Waals surface area contributed by atoms with E-state index < -0.39 is 11.2 Å². The standard InChI is InChI=1S/C23H28ClN3O2S/c1-26-21-16-19(15-18-8-6-14-27(23(18)21)30(26)29)22(28)10-4-5-12-25-13-11-17-7-2-3-9-20(17)24/h2-3,7,9,15-16,25H,4-6,8,10-14H2,1H3. The average molecular weight is 446 g/mol. The van der Waals surface area contributed by atoms with E-state index in [2.05, 4.69) is 11.4 Å². The molecule has 5 nitrogen and oxygen atoms in total. The fourth-order valence-corrected chi connectivity index (χ4v) is 5.69. The third-order valence-corrected chi connectivity index (χ3v) is 7.62. The van der Waals surface area contributed by atoms with Crippen LogP contribution in [0.25, 0.3) is 0 Å². The van der Waals surface area contributed by atoms with Gasteiger partial charge in [-0.1, -0.05) is 29.8 Å². The van der Waals surface area contributed by atoms with Crippen LogP contribution >= 0.6 is 11.6 Å². The van der Waals surface area contributed by atoms with E-state index in [0.717, 1.165) is 84.8 Å². The number of unbranched alkanes of at least 4 members (excludes halogenated alkanes) is 1. The number of nitrogens with one attached hydrogen (secondary N) is 1. The highest BCUT2D eigenvalue weighted by atomic mass is 35.5. The number of carbonyl (C=O) groups excluding carboxylic acids is 1. The largest absolute Gasteiger partial charge is 0.316 e. The summed E-state index contributed by atoms with van der Waals surface area (Å²) in [7, 11) is 1.84. The second-order valence-corrected chi connectivity index (χ2v) is 9.77. The van der Waals surface area contributed by atoms with Gasteiger partial charge >= 0.3 is 0 Å². The monoisotopic (exact) mass is 445 g/mol. The molecule has 0 aliphatic carbocycles. The molecule has 1 N–H and O–H groups in total. The molecule has 0 fully saturated rings.